The van der Waals surface area contributed by atoms with Crippen molar-refractivity contribution in [2.24, 2.45) is 10.9 Å². The number of nitrogens with one attached hydrogen (secondary N) is 2. The number of aliphatic imine (C=N–C) groups is 1. The van der Waals surface area contributed by atoms with Crippen molar-refractivity contribution in [2.75, 3.05) is 6.54 Å². The Kier molecular flexibility index (Phi) is 5.26. The highest BCUT2D eigenvalue weighted by Gasteiger charge is 2.35. The van der Waals surface area contributed by atoms with Gasteiger partial charge in [0, 0.05) is 0 Å². The van der Waals surface area contributed by atoms with E-state index in [4.69, 9.17) is 0 Å². The van der Waals surface area contributed by atoms with Gasteiger partial charge in [0.05, 0.1) is 12.1 Å². The van der Waals surface area contributed by atoms with Gasteiger partial charge in [-0.1, -0.05) is 40.0 Å². The molecule has 1 heterocycles. The van der Waals surface area contributed by atoms with E-state index in [1.807, 2.05) is 6.92 Å². The van der Waals surface area contributed by atoms with Crippen LogP contribution in [0.4, 0.5) is 0 Å². The van der Waals surface area contributed by atoms with Gasteiger partial charge in [0.25, 0.3) is 0 Å². The fourth-order valence-corrected chi connectivity index (χ4v) is 2.36. The third kappa shape index (κ3) is 3.21. The summed E-state index contributed by atoms with van der Waals surface area (Å²) in [7, 11) is 0. The highest BCUT2D eigenvalue weighted by atomic mass is 15.4. The molecule has 0 aliphatic carbocycles. The van der Waals surface area contributed by atoms with Crippen LogP contribution in [0.5, 0.6) is 0 Å². The van der Waals surface area contributed by atoms with Crippen LogP contribution >= 0.6 is 0 Å². The first-order chi connectivity index (χ1) is 7.64. The molecule has 2 N–H and O–H groups in total. The Morgan fingerprint density at radius 2 is 2.12 bits per heavy atom. The second-order valence-electron chi connectivity index (χ2n) is 5.06. The minimum Gasteiger partial charge on any atom is -0.309 e. The van der Waals surface area contributed by atoms with Gasteiger partial charge in [0.1, 0.15) is 5.84 Å². The molecule has 0 bridgehead atoms. The molecule has 2 unspecified atom stereocenters. The maximum atomic E-state index is 4.55. The zero-order valence-corrected chi connectivity index (χ0v) is 11.3. The lowest BCUT2D eigenvalue weighted by molar-refractivity contribution is 0.186. The topological polar surface area (TPSA) is 36.4 Å². The SMILES string of the molecule is CCCCCC(C)C1(CC)CN=C(C)NN1. The summed E-state index contributed by atoms with van der Waals surface area (Å²) in [5, 5.41) is 0. The van der Waals surface area contributed by atoms with E-state index in [1.165, 1.54) is 25.7 Å². The summed E-state index contributed by atoms with van der Waals surface area (Å²) in [4.78, 5) is 4.55. The molecule has 0 saturated heterocycles. The fourth-order valence-electron chi connectivity index (χ4n) is 2.36. The van der Waals surface area contributed by atoms with E-state index in [0.29, 0.717) is 5.92 Å². The number of hydrogen-bond acceptors (Lipinski definition) is 3. The van der Waals surface area contributed by atoms with E-state index in [9.17, 15) is 0 Å². The number of rotatable bonds is 6. The Balaban J connectivity index is 2.52. The molecule has 0 aromatic carbocycles. The monoisotopic (exact) mass is 225 g/mol. The van der Waals surface area contributed by atoms with Gasteiger partial charge >= 0.3 is 0 Å². The molecule has 0 fully saturated rings. The second kappa shape index (κ2) is 6.24. The van der Waals surface area contributed by atoms with Crippen molar-refractivity contribution in [3.8, 4) is 0 Å². The molecule has 0 amide bonds. The minimum atomic E-state index is 0.160. The molecule has 0 aromatic heterocycles. The first-order valence-corrected chi connectivity index (χ1v) is 6.69. The molecular weight excluding hydrogens is 198 g/mol. The smallest absolute Gasteiger partial charge is 0.107 e. The zero-order chi connectivity index (χ0) is 12.0. The third-order valence-electron chi connectivity index (χ3n) is 3.91. The summed E-state index contributed by atoms with van der Waals surface area (Å²) in [5.41, 5.74) is 6.83. The fraction of sp³-hybridized carbons (Fsp3) is 0.923. The lowest BCUT2D eigenvalue weighted by atomic mass is 9.80. The predicted octanol–water partition coefficient (Wildman–Crippen LogP) is 2.88. The molecule has 94 valence electrons. The Morgan fingerprint density at radius 3 is 2.62 bits per heavy atom. The lowest BCUT2D eigenvalue weighted by Gasteiger charge is -2.41. The van der Waals surface area contributed by atoms with E-state index in [1.54, 1.807) is 0 Å². The van der Waals surface area contributed by atoms with E-state index >= 15 is 0 Å². The van der Waals surface area contributed by atoms with E-state index in [-0.39, 0.29) is 5.54 Å². The van der Waals surface area contributed by atoms with E-state index < -0.39 is 0 Å². The summed E-state index contributed by atoms with van der Waals surface area (Å²) < 4.78 is 0. The van der Waals surface area contributed by atoms with Crippen LogP contribution in [0, 0.1) is 5.92 Å². The molecule has 1 rings (SSSR count). The summed E-state index contributed by atoms with van der Waals surface area (Å²) in [6.45, 7) is 9.78. The first kappa shape index (κ1) is 13.5. The van der Waals surface area contributed by atoms with Gasteiger partial charge in [-0.3, -0.25) is 4.99 Å². The molecule has 2 atom stereocenters. The Labute approximate surface area is 100 Å². The Morgan fingerprint density at radius 1 is 1.38 bits per heavy atom. The van der Waals surface area contributed by atoms with Crippen LogP contribution < -0.4 is 10.9 Å². The van der Waals surface area contributed by atoms with Crippen molar-refractivity contribution < 1.29 is 0 Å². The average molecular weight is 225 g/mol. The van der Waals surface area contributed by atoms with Gasteiger partial charge in [0.15, 0.2) is 0 Å². The molecule has 0 saturated carbocycles. The molecule has 3 nitrogen and oxygen atoms in total. The molecule has 0 aromatic rings. The van der Waals surface area contributed by atoms with Crippen LogP contribution in [-0.2, 0) is 0 Å². The number of nitrogens with zero attached hydrogens (tertiary/aromatic N) is 1. The Hall–Kier alpha value is -0.570. The second-order valence-corrected chi connectivity index (χ2v) is 5.06. The van der Waals surface area contributed by atoms with Crippen LogP contribution in [0.3, 0.4) is 0 Å². The van der Waals surface area contributed by atoms with Crippen LogP contribution in [0.2, 0.25) is 0 Å². The molecule has 1 aliphatic rings. The van der Waals surface area contributed by atoms with Gasteiger partial charge in [-0.2, -0.15) is 0 Å². The summed E-state index contributed by atoms with van der Waals surface area (Å²) in [6.07, 6.45) is 6.41. The quantitative estimate of drug-likeness (QED) is 0.682. The molecule has 16 heavy (non-hydrogen) atoms. The van der Waals surface area contributed by atoms with Gasteiger partial charge in [-0.05, 0) is 25.7 Å². The average Bonchev–Trinajstić information content (AvgIpc) is 2.31. The Bertz CT molecular complexity index is 237. The number of amidine groups is 1. The maximum Gasteiger partial charge on any atom is 0.107 e. The summed E-state index contributed by atoms with van der Waals surface area (Å²) >= 11 is 0. The van der Waals surface area contributed by atoms with Crippen molar-refractivity contribution in [1.29, 1.82) is 0 Å². The van der Waals surface area contributed by atoms with Crippen molar-refractivity contribution in [3.05, 3.63) is 0 Å². The van der Waals surface area contributed by atoms with Gasteiger partial charge in [-0.15, -0.1) is 0 Å². The first-order valence-electron chi connectivity index (χ1n) is 6.69. The molecule has 0 radical (unpaired) electrons. The standard InChI is InChI=1S/C13H27N3/c1-5-7-8-9-11(3)13(6-2)10-14-12(4)15-16-13/h11,16H,5-10H2,1-4H3,(H,14,15). The minimum absolute atomic E-state index is 0.160. The molecule has 1 aliphatic heterocycles. The van der Waals surface area contributed by atoms with Crippen molar-refractivity contribution in [1.82, 2.24) is 10.9 Å². The van der Waals surface area contributed by atoms with Gasteiger partial charge in [0.2, 0.25) is 0 Å². The van der Waals surface area contributed by atoms with Crippen molar-refractivity contribution in [3.63, 3.8) is 0 Å². The maximum absolute atomic E-state index is 4.55. The van der Waals surface area contributed by atoms with Crippen LogP contribution in [0.25, 0.3) is 0 Å². The highest BCUT2D eigenvalue weighted by Crippen LogP contribution is 2.27. The van der Waals surface area contributed by atoms with Crippen molar-refractivity contribution in [2.45, 2.75) is 65.3 Å². The molecular formula is C13H27N3. The highest BCUT2D eigenvalue weighted by molar-refractivity contribution is 5.79. The van der Waals surface area contributed by atoms with E-state index in [0.717, 1.165) is 18.8 Å². The third-order valence-corrected chi connectivity index (χ3v) is 3.91. The van der Waals surface area contributed by atoms with Crippen LogP contribution in [0.1, 0.15) is 59.8 Å². The summed E-state index contributed by atoms with van der Waals surface area (Å²) in [6, 6.07) is 0. The van der Waals surface area contributed by atoms with Crippen LogP contribution in [-0.4, -0.2) is 17.9 Å². The largest absolute Gasteiger partial charge is 0.309 e. The van der Waals surface area contributed by atoms with Gasteiger partial charge in [-0.25, -0.2) is 5.43 Å². The van der Waals surface area contributed by atoms with E-state index in [2.05, 4.69) is 36.6 Å². The summed E-state index contributed by atoms with van der Waals surface area (Å²) in [5.74, 6) is 1.68. The lowest BCUT2D eigenvalue weighted by Crippen LogP contribution is -2.62. The van der Waals surface area contributed by atoms with Crippen molar-refractivity contribution >= 4 is 5.84 Å². The predicted molar refractivity (Wildman–Crippen MR) is 70.6 cm³/mol. The van der Waals surface area contributed by atoms with Crippen LogP contribution in [0.15, 0.2) is 4.99 Å². The van der Waals surface area contributed by atoms with Gasteiger partial charge < -0.3 is 5.43 Å². The molecule has 0 spiro atoms. The number of hydrazine groups is 1. The zero-order valence-electron chi connectivity index (χ0n) is 11.3. The number of hydrogen-bond donors (Lipinski definition) is 2. The number of unbranched alkanes of at least 4 members (excludes halogenated alkanes) is 2. The molecule has 3 heteroatoms. The normalized spacial score (nSPS) is 27.1.